The summed E-state index contributed by atoms with van der Waals surface area (Å²) in [6.45, 7) is 5.34. The van der Waals surface area contributed by atoms with Crippen molar-refractivity contribution < 1.29 is 17.6 Å². The van der Waals surface area contributed by atoms with Crippen LogP contribution in [-0.4, -0.2) is 14.3 Å². The van der Waals surface area contributed by atoms with Crippen LogP contribution in [0.25, 0.3) is 11.0 Å². The number of furan rings is 1. The Morgan fingerprint density at radius 2 is 1.81 bits per heavy atom. The number of fused-ring (bicyclic) bond motifs is 1. The van der Waals surface area contributed by atoms with Crippen molar-refractivity contribution >= 4 is 48.5 Å². The van der Waals surface area contributed by atoms with Gasteiger partial charge in [0.15, 0.2) is 5.76 Å². The summed E-state index contributed by atoms with van der Waals surface area (Å²) in [5.41, 5.74) is 3.14. The summed E-state index contributed by atoms with van der Waals surface area (Å²) in [5, 5.41) is 8.77. The predicted octanol–water partition coefficient (Wildman–Crippen LogP) is 4.02. The number of sulfonamides is 1. The van der Waals surface area contributed by atoms with Crippen LogP contribution in [0, 0.1) is 20.8 Å². The second-order valence-corrected chi connectivity index (χ2v) is 8.59. The maximum absolute atomic E-state index is 12.7. The van der Waals surface area contributed by atoms with Crippen molar-refractivity contribution in [1.29, 1.82) is 0 Å². The Morgan fingerprint density at radius 1 is 1.12 bits per heavy atom. The van der Waals surface area contributed by atoms with E-state index in [9.17, 15) is 13.2 Å². The van der Waals surface area contributed by atoms with Gasteiger partial charge in [0.05, 0.1) is 4.90 Å². The monoisotopic (exact) mass is 436 g/mol. The fourth-order valence-electron chi connectivity index (χ4n) is 2.71. The minimum Gasteiger partial charge on any atom is -0.451 e. The number of nitrogens with two attached hydrogens (primary N) is 1. The second-order valence-electron chi connectivity index (χ2n) is 6.11. The molecule has 0 atom stereocenters. The van der Waals surface area contributed by atoms with E-state index >= 15 is 0 Å². The van der Waals surface area contributed by atoms with E-state index < -0.39 is 15.9 Å². The summed E-state index contributed by atoms with van der Waals surface area (Å²) in [4.78, 5) is 12.7. The van der Waals surface area contributed by atoms with Crippen molar-refractivity contribution in [1.82, 2.24) is 0 Å². The zero-order chi connectivity index (χ0) is 19.2. The number of nitrogens with one attached hydrogen (secondary N) is 1. The van der Waals surface area contributed by atoms with Gasteiger partial charge in [-0.15, -0.1) is 0 Å². The third kappa shape index (κ3) is 3.40. The van der Waals surface area contributed by atoms with Gasteiger partial charge in [0, 0.05) is 21.1 Å². The second kappa shape index (κ2) is 6.53. The van der Waals surface area contributed by atoms with Crippen LogP contribution in [0.1, 0.15) is 27.2 Å². The lowest BCUT2D eigenvalue weighted by Gasteiger charge is -2.12. The van der Waals surface area contributed by atoms with Gasteiger partial charge in [0.25, 0.3) is 5.91 Å². The molecule has 0 fully saturated rings. The van der Waals surface area contributed by atoms with E-state index in [1.165, 1.54) is 12.1 Å². The number of carbonyl (C=O) groups excluding carboxylic acids is 1. The Hall–Kier alpha value is -2.16. The summed E-state index contributed by atoms with van der Waals surface area (Å²) >= 11 is 3.40. The fraction of sp³-hybridized carbons (Fsp3) is 0.167. The van der Waals surface area contributed by atoms with E-state index in [0.717, 1.165) is 15.4 Å². The summed E-state index contributed by atoms with van der Waals surface area (Å²) in [6.07, 6.45) is 0. The van der Waals surface area contributed by atoms with Gasteiger partial charge in [-0.05, 0) is 62.2 Å². The Bertz CT molecular complexity index is 1150. The number of anilines is 1. The molecular weight excluding hydrogens is 420 g/mol. The van der Waals surface area contributed by atoms with Crippen molar-refractivity contribution in [3.63, 3.8) is 0 Å². The number of halogens is 1. The molecule has 6 nitrogen and oxygen atoms in total. The average molecular weight is 437 g/mol. The lowest BCUT2D eigenvalue weighted by atomic mass is 10.1. The highest BCUT2D eigenvalue weighted by atomic mass is 79.9. The first-order chi connectivity index (χ1) is 12.1. The molecule has 3 N–H and O–H groups in total. The number of carbonyl (C=O) groups is 1. The van der Waals surface area contributed by atoms with Gasteiger partial charge >= 0.3 is 0 Å². The molecule has 3 rings (SSSR count). The normalized spacial score (nSPS) is 11.7. The fourth-order valence-corrected chi connectivity index (χ4v) is 3.69. The molecular formula is C18H17BrN2O4S. The maximum Gasteiger partial charge on any atom is 0.291 e. The molecule has 0 spiro atoms. The molecule has 0 aliphatic heterocycles. The lowest BCUT2D eigenvalue weighted by molar-refractivity contribution is 0.0997. The highest BCUT2D eigenvalue weighted by molar-refractivity contribution is 9.10. The van der Waals surface area contributed by atoms with Crippen LogP contribution in [0.3, 0.4) is 0 Å². The van der Waals surface area contributed by atoms with Gasteiger partial charge in [-0.2, -0.15) is 0 Å². The Kier molecular flexibility index (Phi) is 4.68. The smallest absolute Gasteiger partial charge is 0.291 e. The van der Waals surface area contributed by atoms with Gasteiger partial charge in [-0.1, -0.05) is 15.9 Å². The van der Waals surface area contributed by atoms with Crippen LogP contribution in [0.2, 0.25) is 0 Å². The molecule has 8 heteroatoms. The molecule has 0 saturated carbocycles. The topological polar surface area (TPSA) is 102 Å². The molecule has 26 heavy (non-hydrogen) atoms. The summed E-state index contributed by atoms with van der Waals surface area (Å²) in [7, 11) is -3.88. The first-order valence-corrected chi connectivity index (χ1v) is 10.1. The average Bonchev–Trinajstić information content (AvgIpc) is 2.87. The van der Waals surface area contributed by atoms with E-state index in [1.54, 1.807) is 26.8 Å². The number of aryl methyl sites for hydroxylation is 2. The molecule has 0 unspecified atom stereocenters. The van der Waals surface area contributed by atoms with E-state index in [4.69, 9.17) is 9.56 Å². The number of benzene rings is 2. The first kappa shape index (κ1) is 18.6. The summed E-state index contributed by atoms with van der Waals surface area (Å²) in [6, 6.07) is 8.31. The van der Waals surface area contributed by atoms with E-state index in [-0.39, 0.29) is 10.7 Å². The van der Waals surface area contributed by atoms with Gasteiger partial charge in [-0.3, -0.25) is 4.79 Å². The van der Waals surface area contributed by atoms with Crippen molar-refractivity contribution in [2.75, 3.05) is 5.32 Å². The van der Waals surface area contributed by atoms with Crippen LogP contribution < -0.4 is 10.5 Å². The number of hydrogen-bond acceptors (Lipinski definition) is 4. The maximum atomic E-state index is 12.7. The molecule has 1 heterocycles. The van der Waals surface area contributed by atoms with E-state index in [1.807, 2.05) is 12.1 Å². The van der Waals surface area contributed by atoms with E-state index in [0.29, 0.717) is 22.4 Å². The molecule has 136 valence electrons. The summed E-state index contributed by atoms with van der Waals surface area (Å²) < 4.78 is 29.9. The Balaban J connectivity index is 2.03. The molecule has 2 aromatic carbocycles. The minimum atomic E-state index is -3.88. The molecule has 1 aromatic heterocycles. The highest BCUT2D eigenvalue weighted by Crippen LogP contribution is 2.29. The van der Waals surface area contributed by atoms with Crippen molar-refractivity contribution in [2.24, 2.45) is 5.14 Å². The Labute approximate surface area is 159 Å². The van der Waals surface area contributed by atoms with Gasteiger partial charge in [-0.25, -0.2) is 13.6 Å². The lowest BCUT2D eigenvalue weighted by Crippen LogP contribution is -2.16. The zero-order valence-electron chi connectivity index (χ0n) is 14.4. The molecule has 1 amide bonds. The molecule has 0 aliphatic rings. The van der Waals surface area contributed by atoms with Crippen molar-refractivity contribution in [3.8, 4) is 0 Å². The number of amides is 1. The third-order valence-corrected chi connectivity index (χ3v) is 5.71. The summed E-state index contributed by atoms with van der Waals surface area (Å²) in [5.74, 6) is -0.278. The quantitative estimate of drug-likeness (QED) is 0.646. The molecule has 0 aliphatic carbocycles. The molecule has 0 saturated heterocycles. The predicted molar refractivity (Wildman–Crippen MR) is 104 cm³/mol. The van der Waals surface area contributed by atoms with E-state index in [2.05, 4.69) is 21.2 Å². The van der Waals surface area contributed by atoms with Crippen LogP contribution in [0.4, 0.5) is 5.69 Å². The van der Waals surface area contributed by atoms with Gasteiger partial charge in [0.2, 0.25) is 10.0 Å². The van der Waals surface area contributed by atoms with Crippen LogP contribution in [-0.2, 0) is 10.0 Å². The number of hydrogen-bond donors (Lipinski definition) is 2. The van der Waals surface area contributed by atoms with Gasteiger partial charge in [0.1, 0.15) is 5.58 Å². The van der Waals surface area contributed by atoms with Crippen molar-refractivity contribution in [2.45, 2.75) is 25.7 Å². The minimum absolute atomic E-state index is 0.0545. The third-order valence-electron chi connectivity index (χ3n) is 4.32. The highest BCUT2D eigenvalue weighted by Gasteiger charge is 2.20. The standard InChI is InChI=1S/C18H17BrN2O4S/c1-9-6-13(26(20,23)24)8-15(10(9)2)21-18(22)17-11(3)14-7-12(19)4-5-16(14)25-17/h4-8H,1-3H3,(H,21,22)(H2,20,23,24). The molecule has 0 radical (unpaired) electrons. The van der Waals surface area contributed by atoms with Crippen LogP contribution in [0.15, 0.2) is 44.1 Å². The van der Waals surface area contributed by atoms with Gasteiger partial charge < -0.3 is 9.73 Å². The van der Waals surface area contributed by atoms with Crippen LogP contribution in [0.5, 0.6) is 0 Å². The first-order valence-electron chi connectivity index (χ1n) is 7.72. The molecule has 0 bridgehead atoms. The number of primary sulfonamides is 1. The van der Waals surface area contributed by atoms with Crippen LogP contribution >= 0.6 is 15.9 Å². The SMILES string of the molecule is Cc1cc(S(N)(=O)=O)cc(NC(=O)c2oc3ccc(Br)cc3c2C)c1C. The van der Waals surface area contributed by atoms with Crippen molar-refractivity contribution in [3.05, 3.63) is 57.3 Å². The Morgan fingerprint density at radius 3 is 2.46 bits per heavy atom. The number of rotatable bonds is 3. The zero-order valence-corrected chi connectivity index (χ0v) is 16.8. The largest absolute Gasteiger partial charge is 0.451 e. The molecule has 3 aromatic rings.